The van der Waals surface area contributed by atoms with Gasteiger partial charge in [-0.2, -0.15) is 5.10 Å². The van der Waals surface area contributed by atoms with Crippen LogP contribution in [0, 0.1) is 17.5 Å². The number of carbonyl (C=O) groups is 1. The molecule has 7 heteroatoms. The Bertz CT molecular complexity index is 744. The van der Waals surface area contributed by atoms with Crippen LogP contribution in [0.3, 0.4) is 0 Å². The van der Waals surface area contributed by atoms with Gasteiger partial charge in [-0.3, -0.25) is 9.48 Å². The van der Waals surface area contributed by atoms with Crippen LogP contribution in [0.4, 0.5) is 13.2 Å². The molecule has 0 bridgehead atoms. The highest BCUT2D eigenvalue weighted by Crippen LogP contribution is 2.27. The van der Waals surface area contributed by atoms with Crippen molar-refractivity contribution in [1.29, 1.82) is 0 Å². The van der Waals surface area contributed by atoms with Gasteiger partial charge in [0.1, 0.15) is 0 Å². The van der Waals surface area contributed by atoms with Crippen molar-refractivity contribution in [2.24, 2.45) is 7.05 Å². The molecule has 0 spiro atoms. The molecule has 4 nitrogen and oxygen atoms in total. The van der Waals surface area contributed by atoms with Crippen molar-refractivity contribution in [3.63, 3.8) is 0 Å². The number of carbonyl (C=O) groups excluding carboxylic acids is 1. The number of amides is 1. The van der Waals surface area contributed by atoms with Crippen LogP contribution in [0.15, 0.2) is 24.4 Å². The molecule has 1 aromatic heterocycles. The number of likely N-dealkylation sites (tertiary alicyclic amines) is 1. The third-order valence-corrected chi connectivity index (χ3v) is 4.13. The van der Waals surface area contributed by atoms with E-state index < -0.39 is 28.9 Å². The number of nitrogens with zero attached hydrogens (tertiary/aromatic N) is 3. The zero-order valence-corrected chi connectivity index (χ0v) is 12.6. The highest BCUT2D eigenvalue weighted by molar-refractivity contribution is 5.94. The lowest BCUT2D eigenvalue weighted by Gasteiger charge is -2.32. The Morgan fingerprint density at radius 1 is 1.22 bits per heavy atom. The summed E-state index contributed by atoms with van der Waals surface area (Å²) in [5.41, 5.74) is 0.432. The van der Waals surface area contributed by atoms with E-state index in [1.165, 1.54) is 4.90 Å². The Kier molecular flexibility index (Phi) is 4.11. The van der Waals surface area contributed by atoms with Gasteiger partial charge in [-0.1, -0.05) is 0 Å². The molecule has 2 aromatic rings. The first-order valence-electron chi connectivity index (χ1n) is 7.39. The van der Waals surface area contributed by atoms with E-state index in [1.807, 2.05) is 19.3 Å². The smallest absolute Gasteiger partial charge is 0.256 e. The van der Waals surface area contributed by atoms with E-state index in [0.29, 0.717) is 13.1 Å². The second kappa shape index (κ2) is 6.06. The van der Waals surface area contributed by atoms with Crippen molar-refractivity contribution < 1.29 is 18.0 Å². The molecule has 122 valence electrons. The first kappa shape index (κ1) is 15.6. The van der Waals surface area contributed by atoms with Crippen molar-refractivity contribution in [3.8, 4) is 0 Å². The van der Waals surface area contributed by atoms with Gasteiger partial charge in [0.15, 0.2) is 17.5 Å². The molecule has 3 rings (SSSR count). The van der Waals surface area contributed by atoms with Gasteiger partial charge in [-0.05, 0) is 31.0 Å². The van der Waals surface area contributed by atoms with Crippen molar-refractivity contribution in [1.82, 2.24) is 14.7 Å². The van der Waals surface area contributed by atoms with Crippen LogP contribution < -0.4 is 0 Å². The van der Waals surface area contributed by atoms with E-state index in [9.17, 15) is 18.0 Å². The van der Waals surface area contributed by atoms with Crippen LogP contribution in [-0.4, -0.2) is 33.7 Å². The maximum atomic E-state index is 13.8. The molecule has 0 unspecified atom stereocenters. The quantitative estimate of drug-likeness (QED) is 0.797. The summed E-state index contributed by atoms with van der Waals surface area (Å²) < 4.78 is 41.8. The van der Waals surface area contributed by atoms with Crippen molar-refractivity contribution in [2.75, 3.05) is 13.1 Å². The summed E-state index contributed by atoms with van der Waals surface area (Å²) in [6.45, 7) is 0.842. The first-order valence-corrected chi connectivity index (χ1v) is 7.39. The van der Waals surface area contributed by atoms with E-state index in [4.69, 9.17) is 0 Å². The van der Waals surface area contributed by atoms with E-state index in [2.05, 4.69) is 5.10 Å². The van der Waals surface area contributed by atoms with Crippen LogP contribution in [0.2, 0.25) is 0 Å². The number of halogens is 3. The van der Waals surface area contributed by atoms with Crippen LogP contribution in [0.5, 0.6) is 0 Å². The fraction of sp³-hybridized carbons (Fsp3) is 0.375. The maximum absolute atomic E-state index is 13.8. The molecular formula is C16H16F3N3O. The molecular weight excluding hydrogens is 307 g/mol. The highest BCUT2D eigenvalue weighted by Gasteiger charge is 2.29. The number of piperidine rings is 1. The van der Waals surface area contributed by atoms with Crippen LogP contribution in [0.1, 0.15) is 34.8 Å². The molecule has 1 aliphatic heterocycles. The van der Waals surface area contributed by atoms with Crippen molar-refractivity contribution in [3.05, 3.63) is 53.1 Å². The molecule has 1 saturated heterocycles. The fourth-order valence-corrected chi connectivity index (χ4v) is 2.92. The summed E-state index contributed by atoms with van der Waals surface area (Å²) in [5.74, 6) is -4.92. The van der Waals surface area contributed by atoms with E-state index in [0.717, 1.165) is 30.7 Å². The molecule has 1 atom stereocenters. The molecule has 0 aliphatic carbocycles. The molecule has 1 amide bonds. The number of benzene rings is 1. The largest absolute Gasteiger partial charge is 0.338 e. The van der Waals surface area contributed by atoms with Gasteiger partial charge in [0.05, 0.1) is 11.3 Å². The average molecular weight is 323 g/mol. The minimum absolute atomic E-state index is 0.0576. The zero-order chi connectivity index (χ0) is 16.6. The third kappa shape index (κ3) is 2.95. The lowest BCUT2D eigenvalue weighted by molar-refractivity contribution is 0.0699. The van der Waals surface area contributed by atoms with Gasteiger partial charge >= 0.3 is 0 Å². The topological polar surface area (TPSA) is 38.1 Å². The standard InChI is InChI=1S/C16H16F3N3O/c1-21-8-6-13(20-21)10-3-2-7-22(9-10)16(23)11-4-5-12(17)15(19)14(11)18/h4-6,8,10H,2-3,7,9H2,1H3/t10-/m1/s1. The van der Waals surface area contributed by atoms with Gasteiger partial charge in [-0.25, -0.2) is 13.2 Å². The van der Waals surface area contributed by atoms with Crippen LogP contribution in [0.25, 0.3) is 0 Å². The average Bonchev–Trinajstić information content (AvgIpc) is 2.99. The number of aryl methyl sites for hydroxylation is 1. The molecule has 1 aliphatic rings. The Morgan fingerprint density at radius 2 is 2.00 bits per heavy atom. The van der Waals surface area contributed by atoms with Gasteiger partial charge in [-0.15, -0.1) is 0 Å². The lowest BCUT2D eigenvalue weighted by Crippen LogP contribution is -2.39. The number of aromatic nitrogens is 2. The fourth-order valence-electron chi connectivity index (χ4n) is 2.92. The van der Waals surface area contributed by atoms with E-state index >= 15 is 0 Å². The molecule has 23 heavy (non-hydrogen) atoms. The first-order chi connectivity index (χ1) is 11.0. The lowest BCUT2D eigenvalue weighted by atomic mass is 9.94. The predicted molar refractivity (Wildman–Crippen MR) is 77.4 cm³/mol. The van der Waals surface area contributed by atoms with E-state index in [-0.39, 0.29) is 5.92 Å². The summed E-state index contributed by atoms with van der Waals surface area (Å²) in [6.07, 6.45) is 3.45. The zero-order valence-electron chi connectivity index (χ0n) is 12.6. The summed E-state index contributed by atoms with van der Waals surface area (Å²) in [7, 11) is 1.81. The van der Waals surface area contributed by atoms with Gasteiger partial charge < -0.3 is 4.90 Å². The van der Waals surface area contributed by atoms with Crippen LogP contribution >= 0.6 is 0 Å². The van der Waals surface area contributed by atoms with E-state index in [1.54, 1.807) is 4.68 Å². The summed E-state index contributed by atoms with van der Waals surface area (Å²) in [6, 6.07) is 3.64. The maximum Gasteiger partial charge on any atom is 0.256 e. The molecule has 0 saturated carbocycles. The number of hydrogen-bond acceptors (Lipinski definition) is 2. The molecule has 1 aromatic carbocycles. The van der Waals surface area contributed by atoms with Gasteiger partial charge in [0, 0.05) is 32.3 Å². The molecule has 0 N–H and O–H groups in total. The molecule has 1 fully saturated rings. The minimum atomic E-state index is -1.62. The van der Waals surface area contributed by atoms with Crippen molar-refractivity contribution in [2.45, 2.75) is 18.8 Å². The summed E-state index contributed by atoms with van der Waals surface area (Å²) >= 11 is 0. The minimum Gasteiger partial charge on any atom is -0.338 e. The third-order valence-electron chi connectivity index (χ3n) is 4.13. The summed E-state index contributed by atoms with van der Waals surface area (Å²) in [4.78, 5) is 13.9. The Labute approximate surface area is 131 Å². The Morgan fingerprint density at radius 3 is 2.70 bits per heavy atom. The van der Waals surface area contributed by atoms with Gasteiger partial charge in [0.2, 0.25) is 0 Å². The number of hydrogen-bond donors (Lipinski definition) is 0. The van der Waals surface area contributed by atoms with Gasteiger partial charge in [0.25, 0.3) is 5.91 Å². The van der Waals surface area contributed by atoms with Crippen LogP contribution in [-0.2, 0) is 7.05 Å². The SMILES string of the molecule is Cn1ccc([C@@H]2CCCN(C(=O)c3ccc(F)c(F)c3F)C2)n1. The second-order valence-electron chi connectivity index (χ2n) is 5.73. The highest BCUT2D eigenvalue weighted by atomic mass is 19.2. The Balaban J connectivity index is 1.81. The normalized spacial score (nSPS) is 18.3. The monoisotopic (exact) mass is 323 g/mol. The van der Waals surface area contributed by atoms with Crippen molar-refractivity contribution >= 4 is 5.91 Å². The number of rotatable bonds is 2. The predicted octanol–water partition coefficient (Wildman–Crippen LogP) is 2.86. The second-order valence-corrected chi connectivity index (χ2v) is 5.73. The summed E-state index contributed by atoms with van der Waals surface area (Å²) in [5, 5.41) is 4.34. The molecule has 2 heterocycles. The Hall–Kier alpha value is -2.31. The molecule has 0 radical (unpaired) electrons.